The molecule has 0 aliphatic heterocycles. The second kappa shape index (κ2) is 6.71. The van der Waals surface area contributed by atoms with Crippen molar-refractivity contribution in [3.05, 3.63) is 72.2 Å². The fourth-order valence-corrected chi connectivity index (χ4v) is 2.59. The van der Waals surface area contributed by atoms with Crippen LogP contribution >= 0.6 is 0 Å². The van der Waals surface area contributed by atoms with E-state index in [1.807, 2.05) is 24.3 Å². The highest BCUT2D eigenvalue weighted by Gasteiger charge is 2.30. The van der Waals surface area contributed by atoms with Crippen LogP contribution in [0.1, 0.15) is 11.4 Å². The van der Waals surface area contributed by atoms with E-state index >= 15 is 0 Å². The van der Waals surface area contributed by atoms with Crippen LogP contribution in [-0.4, -0.2) is 15.1 Å². The summed E-state index contributed by atoms with van der Waals surface area (Å²) in [6, 6.07) is 14.0. The van der Waals surface area contributed by atoms with Crippen LogP contribution in [0.25, 0.3) is 22.4 Å². The topological polar surface area (TPSA) is 61.0 Å². The standard InChI is InChI=1S/C19H12F3N3O2/c20-19(21,22)14-7-1-5-13(10-14)18-24-16(25-27-18)11-26-15-8-2-4-12-6-3-9-23-17(12)15/h1-10H,11H2. The molecular formula is C19H12F3N3O2. The molecule has 8 heteroatoms. The Morgan fingerprint density at radius 2 is 1.81 bits per heavy atom. The summed E-state index contributed by atoms with van der Waals surface area (Å²) in [5.74, 6) is 0.768. The van der Waals surface area contributed by atoms with Gasteiger partial charge in [0.25, 0.3) is 5.89 Å². The number of hydrogen-bond acceptors (Lipinski definition) is 5. The van der Waals surface area contributed by atoms with Crippen molar-refractivity contribution in [2.24, 2.45) is 0 Å². The minimum Gasteiger partial charge on any atom is -0.483 e. The second-order valence-corrected chi connectivity index (χ2v) is 5.71. The van der Waals surface area contributed by atoms with E-state index < -0.39 is 11.7 Å². The van der Waals surface area contributed by atoms with Crippen LogP contribution in [0.15, 0.2) is 65.3 Å². The third-order valence-corrected chi connectivity index (χ3v) is 3.86. The lowest BCUT2D eigenvalue weighted by Crippen LogP contribution is -2.04. The van der Waals surface area contributed by atoms with Crippen LogP contribution in [0.4, 0.5) is 13.2 Å². The van der Waals surface area contributed by atoms with Crippen molar-refractivity contribution in [2.75, 3.05) is 0 Å². The van der Waals surface area contributed by atoms with Crippen molar-refractivity contribution in [3.63, 3.8) is 0 Å². The van der Waals surface area contributed by atoms with Gasteiger partial charge in [-0.05, 0) is 30.3 Å². The van der Waals surface area contributed by atoms with Crippen molar-refractivity contribution in [1.29, 1.82) is 0 Å². The van der Waals surface area contributed by atoms with Crippen LogP contribution in [0.5, 0.6) is 5.75 Å². The first-order valence-electron chi connectivity index (χ1n) is 7.97. The minimum atomic E-state index is -4.44. The molecule has 0 amide bonds. The van der Waals surface area contributed by atoms with Crippen molar-refractivity contribution in [1.82, 2.24) is 15.1 Å². The van der Waals surface area contributed by atoms with Gasteiger partial charge in [0.2, 0.25) is 5.82 Å². The Morgan fingerprint density at radius 3 is 2.67 bits per heavy atom. The molecule has 0 atom stereocenters. The van der Waals surface area contributed by atoms with E-state index in [-0.39, 0.29) is 23.9 Å². The summed E-state index contributed by atoms with van der Waals surface area (Å²) < 4.78 is 49.3. The molecule has 27 heavy (non-hydrogen) atoms. The maximum atomic E-state index is 12.8. The average Bonchev–Trinajstić information content (AvgIpc) is 3.15. The molecular weight excluding hydrogens is 359 g/mol. The maximum Gasteiger partial charge on any atom is 0.416 e. The van der Waals surface area contributed by atoms with Gasteiger partial charge in [0, 0.05) is 17.1 Å². The Bertz CT molecular complexity index is 1090. The molecule has 4 rings (SSSR count). The molecule has 136 valence electrons. The average molecular weight is 371 g/mol. The smallest absolute Gasteiger partial charge is 0.416 e. The molecule has 4 aromatic rings. The predicted octanol–water partition coefficient (Wildman–Crippen LogP) is 4.88. The number of ether oxygens (including phenoxy) is 1. The van der Waals surface area contributed by atoms with Crippen molar-refractivity contribution in [3.8, 4) is 17.2 Å². The molecule has 0 aliphatic carbocycles. The molecule has 0 spiro atoms. The number of hydrogen-bond donors (Lipinski definition) is 0. The van der Waals surface area contributed by atoms with Crippen LogP contribution < -0.4 is 4.74 Å². The molecule has 0 fully saturated rings. The predicted molar refractivity (Wildman–Crippen MR) is 90.8 cm³/mol. The van der Waals surface area contributed by atoms with Gasteiger partial charge in [-0.1, -0.05) is 29.4 Å². The molecule has 0 saturated carbocycles. The van der Waals surface area contributed by atoms with Gasteiger partial charge in [-0.3, -0.25) is 4.98 Å². The summed E-state index contributed by atoms with van der Waals surface area (Å²) in [6.07, 6.45) is -2.78. The molecule has 0 N–H and O–H groups in total. The van der Waals surface area contributed by atoms with Gasteiger partial charge < -0.3 is 9.26 Å². The molecule has 2 aromatic heterocycles. The van der Waals surface area contributed by atoms with E-state index in [2.05, 4.69) is 15.1 Å². The first kappa shape index (κ1) is 17.0. The Balaban J connectivity index is 1.53. The normalized spacial score (nSPS) is 11.7. The van der Waals surface area contributed by atoms with Crippen LogP contribution in [-0.2, 0) is 12.8 Å². The Hall–Kier alpha value is -3.42. The minimum absolute atomic E-state index is 0.00184. The van der Waals surface area contributed by atoms with E-state index in [0.717, 1.165) is 17.5 Å². The molecule has 5 nitrogen and oxygen atoms in total. The fourth-order valence-electron chi connectivity index (χ4n) is 2.59. The lowest BCUT2D eigenvalue weighted by Gasteiger charge is -2.06. The summed E-state index contributed by atoms with van der Waals surface area (Å²) in [5, 5.41) is 4.69. The molecule has 0 unspecified atom stereocenters. The van der Waals surface area contributed by atoms with Crippen molar-refractivity contribution in [2.45, 2.75) is 12.8 Å². The number of pyridine rings is 1. The number of rotatable bonds is 4. The van der Waals surface area contributed by atoms with Gasteiger partial charge in [0.15, 0.2) is 6.61 Å². The van der Waals surface area contributed by atoms with Gasteiger partial charge in [0.1, 0.15) is 11.3 Å². The largest absolute Gasteiger partial charge is 0.483 e. The van der Waals surface area contributed by atoms with Crippen LogP contribution in [0.2, 0.25) is 0 Å². The summed E-state index contributed by atoms with van der Waals surface area (Å²) in [4.78, 5) is 8.39. The van der Waals surface area contributed by atoms with Gasteiger partial charge in [-0.25, -0.2) is 0 Å². The highest BCUT2D eigenvalue weighted by atomic mass is 19.4. The first-order chi connectivity index (χ1) is 13.0. The lowest BCUT2D eigenvalue weighted by molar-refractivity contribution is -0.137. The SMILES string of the molecule is FC(F)(F)c1cccc(-c2nc(COc3cccc4cccnc34)no2)c1. The van der Waals surface area contributed by atoms with Gasteiger partial charge in [-0.2, -0.15) is 18.2 Å². The summed E-state index contributed by atoms with van der Waals surface area (Å²) in [7, 11) is 0. The first-order valence-corrected chi connectivity index (χ1v) is 7.97. The Morgan fingerprint density at radius 1 is 1.00 bits per heavy atom. The van der Waals surface area contributed by atoms with E-state index in [9.17, 15) is 13.2 Å². The second-order valence-electron chi connectivity index (χ2n) is 5.71. The van der Waals surface area contributed by atoms with E-state index in [4.69, 9.17) is 9.26 Å². The Kier molecular flexibility index (Phi) is 4.23. The number of nitrogens with zero attached hydrogens (tertiary/aromatic N) is 3. The number of aromatic nitrogens is 3. The molecule has 0 radical (unpaired) electrons. The summed E-state index contributed by atoms with van der Waals surface area (Å²) >= 11 is 0. The monoisotopic (exact) mass is 371 g/mol. The zero-order valence-corrected chi connectivity index (χ0v) is 13.8. The number of para-hydroxylation sites is 1. The third-order valence-electron chi connectivity index (χ3n) is 3.86. The van der Waals surface area contributed by atoms with Crippen molar-refractivity contribution >= 4 is 10.9 Å². The number of fused-ring (bicyclic) bond motifs is 1. The van der Waals surface area contributed by atoms with Crippen molar-refractivity contribution < 1.29 is 22.4 Å². The van der Waals surface area contributed by atoms with Crippen LogP contribution in [0.3, 0.4) is 0 Å². The van der Waals surface area contributed by atoms with Gasteiger partial charge in [-0.15, -0.1) is 0 Å². The lowest BCUT2D eigenvalue weighted by atomic mass is 10.1. The number of alkyl halides is 3. The Labute approximate surface area is 151 Å². The third kappa shape index (κ3) is 3.59. The van der Waals surface area contributed by atoms with Gasteiger partial charge in [0.05, 0.1) is 5.56 Å². The van der Waals surface area contributed by atoms with Crippen LogP contribution in [0, 0.1) is 0 Å². The summed E-state index contributed by atoms with van der Waals surface area (Å²) in [6.45, 7) is -0.00184. The molecule has 0 aliphatic rings. The van der Waals surface area contributed by atoms with E-state index in [0.29, 0.717) is 11.3 Å². The molecule has 2 aromatic carbocycles. The zero-order valence-electron chi connectivity index (χ0n) is 13.8. The quantitative estimate of drug-likeness (QED) is 0.512. The zero-order chi connectivity index (χ0) is 18.9. The van der Waals surface area contributed by atoms with E-state index in [1.54, 1.807) is 12.3 Å². The maximum absolute atomic E-state index is 12.8. The van der Waals surface area contributed by atoms with Gasteiger partial charge >= 0.3 is 6.18 Å². The fraction of sp³-hybridized carbons (Fsp3) is 0.105. The highest BCUT2D eigenvalue weighted by Crippen LogP contribution is 2.31. The number of halogens is 3. The highest BCUT2D eigenvalue weighted by molar-refractivity contribution is 5.84. The molecule has 2 heterocycles. The molecule has 0 bridgehead atoms. The van der Waals surface area contributed by atoms with E-state index in [1.165, 1.54) is 12.1 Å². The number of benzene rings is 2. The molecule has 0 saturated heterocycles. The summed E-state index contributed by atoms with van der Waals surface area (Å²) in [5.41, 5.74) is 0.106.